The third-order valence-electron chi connectivity index (χ3n) is 2.65. The predicted octanol–water partition coefficient (Wildman–Crippen LogP) is -0.274. The van der Waals surface area contributed by atoms with Crippen LogP contribution in [0.15, 0.2) is 24.3 Å². The molecule has 5 N–H and O–H groups in total. The van der Waals surface area contributed by atoms with Gasteiger partial charge in [-0.3, -0.25) is 14.5 Å². The van der Waals surface area contributed by atoms with Crippen molar-refractivity contribution in [3.63, 3.8) is 0 Å². The van der Waals surface area contributed by atoms with Gasteiger partial charge in [0.15, 0.2) is 0 Å². The van der Waals surface area contributed by atoms with Crippen LogP contribution in [0.3, 0.4) is 0 Å². The van der Waals surface area contributed by atoms with E-state index in [2.05, 4.69) is 0 Å². The Bertz CT molecular complexity index is 432. The number of benzene rings is 1. The number of hydrogen-bond acceptors (Lipinski definition) is 4. The topological polar surface area (TPSA) is 110 Å². The summed E-state index contributed by atoms with van der Waals surface area (Å²) in [6.45, 7) is 1.57. The highest BCUT2D eigenvalue weighted by Crippen LogP contribution is 2.27. The second-order valence-electron chi connectivity index (χ2n) is 4.07. The summed E-state index contributed by atoms with van der Waals surface area (Å²) in [5.74, 6) is -1.01. The lowest BCUT2D eigenvalue weighted by Gasteiger charge is -2.27. The number of nitrogens with zero attached hydrogens (tertiary/aromatic N) is 1. The maximum Gasteiger partial charge on any atom is 0.231 e. The van der Waals surface area contributed by atoms with Gasteiger partial charge in [0.2, 0.25) is 11.8 Å². The molecule has 0 fully saturated rings. The van der Waals surface area contributed by atoms with Gasteiger partial charge in [-0.2, -0.15) is 0 Å². The number of carbonyl (C=O) groups excluding carboxylic acids is 2. The lowest BCUT2D eigenvalue weighted by Crippen LogP contribution is -2.41. The first kappa shape index (κ1) is 14.0. The van der Waals surface area contributed by atoms with E-state index in [1.165, 1.54) is 4.90 Å². The number of primary amides is 2. The SMILES string of the molecule is CC(c1ccccc1O)N(CC(N)=O)CC(N)=O. The van der Waals surface area contributed by atoms with Gasteiger partial charge >= 0.3 is 0 Å². The van der Waals surface area contributed by atoms with Crippen LogP contribution in [-0.2, 0) is 9.59 Å². The number of rotatable bonds is 6. The molecule has 0 bridgehead atoms. The van der Waals surface area contributed by atoms with Crippen LogP contribution in [0.1, 0.15) is 18.5 Å². The summed E-state index contributed by atoms with van der Waals surface area (Å²) in [4.78, 5) is 23.5. The Morgan fingerprint density at radius 3 is 2.17 bits per heavy atom. The van der Waals surface area contributed by atoms with Crippen molar-refractivity contribution in [1.82, 2.24) is 4.90 Å². The average molecular weight is 251 g/mol. The van der Waals surface area contributed by atoms with Crippen molar-refractivity contribution in [2.75, 3.05) is 13.1 Å². The first-order valence-electron chi connectivity index (χ1n) is 5.50. The maximum atomic E-state index is 11.0. The molecule has 0 spiro atoms. The summed E-state index contributed by atoms with van der Waals surface area (Å²) in [5.41, 5.74) is 10.9. The Kier molecular flexibility index (Phi) is 4.67. The number of phenols is 1. The molecule has 0 heterocycles. The zero-order chi connectivity index (χ0) is 13.7. The van der Waals surface area contributed by atoms with Crippen molar-refractivity contribution < 1.29 is 14.7 Å². The molecule has 18 heavy (non-hydrogen) atoms. The third-order valence-corrected chi connectivity index (χ3v) is 2.65. The minimum atomic E-state index is -0.557. The van der Waals surface area contributed by atoms with E-state index in [-0.39, 0.29) is 24.9 Å². The summed E-state index contributed by atoms with van der Waals surface area (Å²) >= 11 is 0. The molecular weight excluding hydrogens is 234 g/mol. The van der Waals surface area contributed by atoms with Gasteiger partial charge in [-0.15, -0.1) is 0 Å². The predicted molar refractivity (Wildman–Crippen MR) is 66.5 cm³/mol. The van der Waals surface area contributed by atoms with Crippen molar-refractivity contribution in [2.45, 2.75) is 13.0 Å². The molecule has 1 aromatic carbocycles. The summed E-state index contributed by atoms with van der Waals surface area (Å²) < 4.78 is 0. The number of para-hydroxylation sites is 1. The maximum absolute atomic E-state index is 11.0. The van der Waals surface area contributed by atoms with Crippen molar-refractivity contribution in [2.24, 2.45) is 11.5 Å². The monoisotopic (exact) mass is 251 g/mol. The molecule has 0 aliphatic rings. The largest absolute Gasteiger partial charge is 0.508 e. The molecule has 1 aromatic rings. The van der Waals surface area contributed by atoms with Gasteiger partial charge in [-0.1, -0.05) is 18.2 Å². The first-order valence-corrected chi connectivity index (χ1v) is 5.50. The van der Waals surface area contributed by atoms with E-state index >= 15 is 0 Å². The number of amides is 2. The van der Waals surface area contributed by atoms with Gasteiger partial charge in [-0.05, 0) is 13.0 Å². The summed E-state index contributed by atoms with van der Waals surface area (Å²) in [6, 6.07) is 6.37. The fraction of sp³-hybridized carbons (Fsp3) is 0.333. The molecule has 1 rings (SSSR count). The minimum absolute atomic E-state index is 0.0988. The van der Waals surface area contributed by atoms with Crippen LogP contribution in [0.4, 0.5) is 0 Å². The average Bonchev–Trinajstić information content (AvgIpc) is 2.26. The number of phenolic OH excluding ortho intramolecular Hbond substituents is 1. The van der Waals surface area contributed by atoms with E-state index < -0.39 is 11.8 Å². The molecule has 0 aliphatic heterocycles. The molecule has 6 nitrogen and oxygen atoms in total. The highest BCUT2D eigenvalue weighted by atomic mass is 16.3. The van der Waals surface area contributed by atoms with Crippen LogP contribution >= 0.6 is 0 Å². The molecule has 1 atom stereocenters. The zero-order valence-corrected chi connectivity index (χ0v) is 10.2. The van der Waals surface area contributed by atoms with Gasteiger partial charge in [-0.25, -0.2) is 0 Å². The quantitative estimate of drug-likeness (QED) is 0.646. The Morgan fingerprint density at radius 1 is 1.22 bits per heavy atom. The molecular formula is C12H17N3O3. The van der Waals surface area contributed by atoms with Crippen molar-refractivity contribution in [1.29, 1.82) is 0 Å². The molecule has 1 unspecified atom stereocenters. The van der Waals surface area contributed by atoms with E-state index in [0.717, 1.165) is 0 Å². The van der Waals surface area contributed by atoms with Crippen LogP contribution in [0.25, 0.3) is 0 Å². The van der Waals surface area contributed by atoms with Crippen molar-refractivity contribution >= 4 is 11.8 Å². The van der Waals surface area contributed by atoms with E-state index in [4.69, 9.17) is 11.5 Å². The van der Waals surface area contributed by atoms with Gasteiger partial charge in [0.25, 0.3) is 0 Å². The molecule has 6 heteroatoms. The fourth-order valence-corrected chi connectivity index (χ4v) is 1.77. The Hall–Kier alpha value is -2.08. The molecule has 0 aliphatic carbocycles. The minimum Gasteiger partial charge on any atom is -0.508 e. The number of nitrogens with two attached hydrogens (primary N) is 2. The highest BCUT2D eigenvalue weighted by Gasteiger charge is 2.21. The smallest absolute Gasteiger partial charge is 0.231 e. The molecule has 0 saturated heterocycles. The van der Waals surface area contributed by atoms with Crippen LogP contribution in [0.2, 0.25) is 0 Å². The lowest BCUT2D eigenvalue weighted by atomic mass is 10.1. The summed E-state index contributed by atoms with van der Waals surface area (Å²) in [5, 5.41) is 9.74. The third kappa shape index (κ3) is 3.74. The molecule has 98 valence electrons. The second kappa shape index (κ2) is 6.02. The van der Waals surface area contributed by atoms with E-state index in [9.17, 15) is 14.7 Å². The normalized spacial score (nSPS) is 12.3. The summed E-state index contributed by atoms with van der Waals surface area (Å²) in [7, 11) is 0. The van der Waals surface area contributed by atoms with E-state index in [0.29, 0.717) is 5.56 Å². The Labute approximate surface area is 105 Å². The van der Waals surface area contributed by atoms with Crippen LogP contribution in [0.5, 0.6) is 5.75 Å². The first-order chi connectivity index (χ1) is 8.41. The van der Waals surface area contributed by atoms with E-state index in [1.54, 1.807) is 31.2 Å². The Balaban J connectivity index is 2.94. The number of aromatic hydroxyl groups is 1. The molecule has 2 amide bonds. The summed E-state index contributed by atoms with van der Waals surface area (Å²) in [6.07, 6.45) is 0. The van der Waals surface area contributed by atoms with Crippen LogP contribution in [0, 0.1) is 0 Å². The second-order valence-corrected chi connectivity index (χ2v) is 4.07. The van der Waals surface area contributed by atoms with Gasteiger partial charge in [0, 0.05) is 11.6 Å². The fourth-order valence-electron chi connectivity index (χ4n) is 1.77. The van der Waals surface area contributed by atoms with Gasteiger partial charge in [0.1, 0.15) is 5.75 Å². The number of carbonyl (C=O) groups is 2. The standard InChI is InChI=1S/C12H17N3O3/c1-8(9-4-2-3-5-10(9)16)15(6-11(13)17)7-12(14)18/h2-5,8,16H,6-7H2,1H3,(H2,13,17)(H2,14,18). The van der Waals surface area contributed by atoms with Crippen molar-refractivity contribution in [3.8, 4) is 5.75 Å². The molecule has 0 aromatic heterocycles. The van der Waals surface area contributed by atoms with Gasteiger partial charge < -0.3 is 16.6 Å². The Morgan fingerprint density at radius 2 is 1.72 bits per heavy atom. The molecule has 0 radical (unpaired) electrons. The van der Waals surface area contributed by atoms with Crippen LogP contribution < -0.4 is 11.5 Å². The lowest BCUT2D eigenvalue weighted by molar-refractivity contribution is -0.122. The zero-order valence-electron chi connectivity index (χ0n) is 10.2. The highest BCUT2D eigenvalue weighted by molar-refractivity contribution is 5.79. The van der Waals surface area contributed by atoms with Crippen LogP contribution in [-0.4, -0.2) is 34.9 Å². The molecule has 0 saturated carbocycles. The van der Waals surface area contributed by atoms with E-state index in [1.807, 2.05) is 0 Å². The number of hydrogen-bond donors (Lipinski definition) is 3. The van der Waals surface area contributed by atoms with Crippen molar-refractivity contribution in [3.05, 3.63) is 29.8 Å². The van der Waals surface area contributed by atoms with Gasteiger partial charge in [0.05, 0.1) is 13.1 Å².